The summed E-state index contributed by atoms with van der Waals surface area (Å²) in [4.78, 5) is 10.7. The van der Waals surface area contributed by atoms with Crippen molar-refractivity contribution in [2.24, 2.45) is 23.7 Å². The van der Waals surface area contributed by atoms with Gasteiger partial charge in [0.1, 0.15) is 0 Å². The fraction of sp³-hybridized carbons (Fsp3) is 0.885. The maximum absolute atomic E-state index is 10.7. The number of unbranched alkanes of at least 4 members (excludes halogenated alkanes) is 4. The van der Waals surface area contributed by atoms with Crippen LogP contribution in [0.4, 0.5) is 0 Å². The Labute approximate surface area is 179 Å². The number of carbonyl (C=O) groups is 1. The zero-order chi connectivity index (χ0) is 20.9. The van der Waals surface area contributed by atoms with Crippen molar-refractivity contribution in [1.82, 2.24) is 0 Å². The van der Waals surface area contributed by atoms with Crippen LogP contribution in [0, 0.1) is 23.7 Å². The fourth-order valence-electron chi connectivity index (χ4n) is 5.46. The summed E-state index contributed by atoms with van der Waals surface area (Å²) < 4.78 is 5.93. The molecule has 2 rings (SSSR count). The van der Waals surface area contributed by atoms with E-state index in [1.807, 2.05) is 6.08 Å². The second kappa shape index (κ2) is 14.2. The Balaban J connectivity index is 1.48. The zero-order valence-electron chi connectivity index (χ0n) is 19.2. The molecule has 168 valence electrons. The standard InChI is InChI=1S/C26H46O3/c1-3-4-6-10-22-11-15-24(16-12-22)25-17-13-23(14-18-25)20-29-19-8-5-7-9-21(2)26(27)28/h9,22-25H,3-8,10-20H2,1-2H3,(H,27,28). The summed E-state index contributed by atoms with van der Waals surface area (Å²) in [6, 6.07) is 0. The minimum atomic E-state index is -0.808. The predicted octanol–water partition coefficient (Wildman–Crippen LogP) is 7.40. The molecule has 0 unspecified atom stereocenters. The highest BCUT2D eigenvalue weighted by molar-refractivity contribution is 5.85. The van der Waals surface area contributed by atoms with E-state index in [2.05, 4.69) is 6.92 Å². The number of carboxylic acids is 1. The first-order chi connectivity index (χ1) is 14.1. The quantitative estimate of drug-likeness (QED) is 0.256. The molecule has 0 bridgehead atoms. The Morgan fingerprint density at radius 2 is 1.52 bits per heavy atom. The number of hydrogen-bond acceptors (Lipinski definition) is 2. The van der Waals surface area contributed by atoms with Crippen LogP contribution in [0.2, 0.25) is 0 Å². The van der Waals surface area contributed by atoms with Crippen LogP contribution in [0.3, 0.4) is 0 Å². The van der Waals surface area contributed by atoms with Gasteiger partial charge in [-0.1, -0.05) is 51.5 Å². The summed E-state index contributed by atoms with van der Waals surface area (Å²) in [6.07, 6.45) is 22.0. The van der Waals surface area contributed by atoms with E-state index in [0.717, 1.165) is 56.1 Å². The van der Waals surface area contributed by atoms with Crippen LogP contribution in [-0.4, -0.2) is 24.3 Å². The van der Waals surface area contributed by atoms with Crippen molar-refractivity contribution >= 4 is 5.97 Å². The van der Waals surface area contributed by atoms with Crippen molar-refractivity contribution in [3.05, 3.63) is 11.6 Å². The number of carboxylic acid groups (broad SMARTS) is 1. The minimum Gasteiger partial charge on any atom is -0.478 e. The lowest BCUT2D eigenvalue weighted by Gasteiger charge is -2.38. The van der Waals surface area contributed by atoms with Crippen molar-refractivity contribution < 1.29 is 14.6 Å². The average molecular weight is 407 g/mol. The fourth-order valence-corrected chi connectivity index (χ4v) is 5.46. The van der Waals surface area contributed by atoms with Crippen molar-refractivity contribution in [3.8, 4) is 0 Å². The van der Waals surface area contributed by atoms with Gasteiger partial charge in [0.25, 0.3) is 0 Å². The molecule has 2 saturated carbocycles. The lowest BCUT2D eigenvalue weighted by Crippen LogP contribution is -2.27. The van der Waals surface area contributed by atoms with Gasteiger partial charge >= 0.3 is 5.97 Å². The highest BCUT2D eigenvalue weighted by Gasteiger charge is 2.30. The number of rotatable bonds is 13. The largest absolute Gasteiger partial charge is 0.478 e. The van der Waals surface area contributed by atoms with Crippen molar-refractivity contribution in [3.63, 3.8) is 0 Å². The molecular formula is C26H46O3. The number of ether oxygens (including phenoxy) is 1. The summed E-state index contributed by atoms with van der Waals surface area (Å²) >= 11 is 0. The molecule has 0 amide bonds. The zero-order valence-corrected chi connectivity index (χ0v) is 19.2. The first-order valence-corrected chi connectivity index (χ1v) is 12.6. The molecule has 2 aliphatic rings. The van der Waals surface area contributed by atoms with Gasteiger partial charge in [0, 0.05) is 18.8 Å². The van der Waals surface area contributed by atoms with Crippen molar-refractivity contribution in [2.45, 2.75) is 110 Å². The summed E-state index contributed by atoms with van der Waals surface area (Å²) in [5.41, 5.74) is 0.452. The molecule has 0 aromatic heterocycles. The van der Waals surface area contributed by atoms with Crippen LogP contribution >= 0.6 is 0 Å². The van der Waals surface area contributed by atoms with Gasteiger partial charge in [-0.3, -0.25) is 0 Å². The van der Waals surface area contributed by atoms with Gasteiger partial charge in [-0.05, 0) is 88.4 Å². The summed E-state index contributed by atoms with van der Waals surface area (Å²) in [5, 5.41) is 8.83. The topological polar surface area (TPSA) is 46.5 Å². The molecule has 2 fully saturated rings. The Hall–Kier alpha value is -0.830. The van der Waals surface area contributed by atoms with E-state index in [4.69, 9.17) is 9.84 Å². The molecule has 0 aromatic rings. The van der Waals surface area contributed by atoms with Crippen LogP contribution < -0.4 is 0 Å². The second-order valence-corrected chi connectivity index (χ2v) is 9.82. The minimum absolute atomic E-state index is 0.452. The summed E-state index contributed by atoms with van der Waals surface area (Å²) in [6.45, 7) is 5.72. The number of aliphatic carboxylic acids is 1. The van der Waals surface area contributed by atoms with Gasteiger partial charge in [0.15, 0.2) is 0 Å². The summed E-state index contributed by atoms with van der Waals surface area (Å²) in [5.74, 6) is 3.00. The third kappa shape index (κ3) is 9.68. The van der Waals surface area contributed by atoms with Crippen molar-refractivity contribution in [2.75, 3.05) is 13.2 Å². The van der Waals surface area contributed by atoms with Gasteiger partial charge in [-0.15, -0.1) is 0 Å². The maximum Gasteiger partial charge on any atom is 0.330 e. The monoisotopic (exact) mass is 406 g/mol. The molecule has 0 saturated heterocycles. The smallest absolute Gasteiger partial charge is 0.330 e. The lowest BCUT2D eigenvalue weighted by molar-refractivity contribution is -0.132. The molecule has 3 nitrogen and oxygen atoms in total. The second-order valence-electron chi connectivity index (χ2n) is 9.82. The summed E-state index contributed by atoms with van der Waals surface area (Å²) in [7, 11) is 0. The first-order valence-electron chi connectivity index (χ1n) is 12.6. The molecule has 0 heterocycles. The normalized spacial score (nSPS) is 28.4. The van der Waals surface area contributed by atoms with Crippen LogP contribution in [0.15, 0.2) is 11.6 Å². The molecule has 29 heavy (non-hydrogen) atoms. The number of allylic oxidation sites excluding steroid dienone is 1. The highest BCUT2D eigenvalue weighted by atomic mass is 16.5. The van der Waals surface area contributed by atoms with Crippen molar-refractivity contribution in [1.29, 1.82) is 0 Å². The highest BCUT2D eigenvalue weighted by Crippen LogP contribution is 2.42. The van der Waals surface area contributed by atoms with E-state index in [0.29, 0.717) is 5.57 Å². The molecule has 2 aliphatic carbocycles. The molecular weight excluding hydrogens is 360 g/mol. The Bertz CT molecular complexity index is 468. The van der Waals surface area contributed by atoms with E-state index in [-0.39, 0.29) is 0 Å². The van der Waals surface area contributed by atoms with Crippen LogP contribution in [0.25, 0.3) is 0 Å². The SMILES string of the molecule is CCCCCC1CCC(C2CCC(COCCCCC=C(C)C(=O)O)CC2)CC1. The molecule has 1 N–H and O–H groups in total. The van der Waals surface area contributed by atoms with Crippen LogP contribution in [0.1, 0.15) is 110 Å². The Morgan fingerprint density at radius 1 is 0.897 bits per heavy atom. The molecule has 0 aliphatic heterocycles. The van der Waals surface area contributed by atoms with E-state index < -0.39 is 5.97 Å². The number of hydrogen-bond donors (Lipinski definition) is 1. The third-order valence-electron chi connectivity index (χ3n) is 7.55. The molecule has 0 aromatic carbocycles. The van der Waals surface area contributed by atoms with Gasteiger partial charge in [-0.2, -0.15) is 0 Å². The maximum atomic E-state index is 10.7. The molecule has 0 atom stereocenters. The van der Waals surface area contributed by atoms with Gasteiger partial charge in [-0.25, -0.2) is 4.79 Å². The van der Waals surface area contributed by atoms with E-state index in [1.54, 1.807) is 6.92 Å². The third-order valence-corrected chi connectivity index (χ3v) is 7.55. The lowest BCUT2D eigenvalue weighted by atomic mass is 9.69. The van der Waals surface area contributed by atoms with E-state index in [1.165, 1.54) is 77.0 Å². The molecule has 0 spiro atoms. The van der Waals surface area contributed by atoms with E-state index >= 15 is 0 Å². The van der Waals surface area contributed by atoms with Crippen LogP contribution in [0.5, 0.6) is 0 Å². The van der Waals surface area contributed by atoms with Gasteiger partial charge in [0.2, 0.25) is 0 Å². The Morgan fingerprint density at radius 3 is 2.10 bits per heavy atom. The molecule has 3 heteroatoms. The van der Waals surface area contributed by atoms with E-state index in [9.17, 15) is 4.79 Å². The average Bonchev–Trinajstić information content (AvgIpc) is 2.74. The van der Waals surface area contributed by atoms with Gasteiger partial charge in [0.05, 0.1) is 0 Å². The predicted molar refractivity (Wildman–Crippen MR) is 121 cm³/mol. The first kappa shape index (κ1) is 24.4. The Kier molecular flexibility index (Phi) is 12.0. The van der Waals surface area contributed by atoms with Gasteiger partial charge < -0.3 is 9.84 Å². The molecule has 0 radical (unpaired) electrons. The van der Waals surface area contributed by atoms with Crippen LogP contribution in [-0.2, 0) is 9.53 Å².